The predicted octanol–water partition coefficient (Wildman–Crippen LogP) is 1.94. The second-order valence-corrected chi connectivity index (χ2v) is 7.36. The number of esters is 1. The van der Waals surface area contributed by atoms with Crippen molar-refractivity contribution in [3.63, 3.8) is 0 Å². The van der Waals surface area contributed by atoms with Crippen molar-refractivity contribution in [2.45, 2.75) is 6.92 Å². The third kappa shape index (κ3) is 5.61. The molecule has 0 atom stereocenters. The number of carbonyl (C=O) groups excluding carboxylic acids is 3. The minimum atomic E-state index is -0.634. The fraction of sp³-hybridized carbons (Fsp3) is 0.348. The first kappa shape index (κ1) is 23.2. The van der Waals surface area contributed by atoms with E-state index in [1.807, 2.05) is 4.90 Å². The van der Waals surface area contributed by atoms with Gasteiger partial charge in [0.2, 0.25) is 0 Å². The maximum absolute atomic E-state index is 14.4. The van der Waals surface area contributed by atoms with E-state index in [9.17, 15) is 18.8 Å². The molecule has 1 fully saturated rings. The smallest absolute Gasteiger partial charge is 0.340 e. The summed E-state index contributed by atoms with van der Waals surface area (Å²) >= 11 is 0. The summed E-state index contributed by atoms with van der Waals surface area (Å²) in [6.45, 7) is 2.75. The van der Waals surface area contributed by atoms with E-state index in [0.717, 1.165) is 0 Å². The standard InChI is InChI=1S/C23H26FN3O5/c1-16(29)17-6-7-21(19(24)14-17)26-9-11-27(12-10-26)22(30)15-32-23(31)18-4-2-3-5-20(18)25-8-13-28/h2-7,14,25,28H,8-13,15H2,1H3. The average Bonchev–Trinajstić information content (AvgIpc) is 2.81. The zero-order valence-electron chi connectivity index (χ0n) is 17.8. The number of amides is 1. The van der Waals surface area contributed by atoms with Crippen molar-refractivity contribution in [2.75, 3.05) is 56.2 Å². The van der Waals surface area contributed by atoms with Crippen molar-refractivity contribution >= 4 is 29.0 Å². The first-order chi connectivity index (χ1) is 15.4. The maximum atomic E-state index is 14.4. The number of halogens is 1. The quantitative estimate of drug-likeness (QED) is 0.475. The van der Waals surface area contributed by atoms with Crippen molar-refractivity contribution in [1.82, 2.24) is 4.90 Å². The third-order valence-corrected chi connectivity index (χ3v) is 5.23. The van der Waals surface area contributed by atoms with Crippen molar-refractivity contribution in [1.29, 1.82) is 0 Å². The normalized spacial score (nSPS) is 13.6. The van der Waals surface area contributed by atoms with Crippen molar-refractivity contribution in [2.24, 2.45) is 0 Å². The molecule has 1 amide bonds. The Hall–Kier alpha value is -3.46. The van der Waals surface area contributed by atoms with Crippen LogP contribution >= 0.6 is 0 Å². The van der Waals surface area contributed by atoms with Crippen molar-refractivity contribution in [3.05, 3.63) is 59.4 Å². The van der Waals surface area contributed by atoms with Crippen LogP contribution in [0.5, 0.6) is 0 Å². The first-order valence-corrected chi connectivity index (χ1v) is 10.3. The number of carbonyl (C=O) groups is 3. The first-order valence-electron chi connectivity index (χ1n) is 10.3. The highest BCUT2D eigenvalue weighted by molar-refractivity contribution is 5.97. The van der Waals surface area contributed by atoms with Crippen LogP contribution in [0, 0.1) is 5.82 Å². The van der Waals surface area contributed by atoms with Crippen LogP contribution in [-0.2, 0) is 9.53 Å². The van der Waals surface area contributed by atoms with Crippen LogP contribution in [0.3, 0.4) is 0 Å². The van der Waals surface area contributed by atoms with Gasteiger partial charge in [0.1, 0.15) is 5.82 Å². The Bertz CT molecular complexity index is 989. The van der Waals surface area contributed by atoms with Crippen LogP contribution in [0.2, 0.25) is 0 Å². The topological polar surface area (TPSA) is 99.2 Å². The molecule has 0 aliphatic carbocycles. The molecule has 2 aromatic carbocycles. The monoisotopic (exact) mass is 443 g/mol. The molecule has 0 saturated carbocycles. The summed E-state index contributed by atoms with van der Waals surface area (Å²) in [7, 11) is 0. The Morgan fingerprint density at radius 1 is 1.09 bits per heavy atom. The number of anilines is 2. The molecular formula is C23H26FN3O5. The lowest BCUT2D eigenvalue weighted by atomic mass is 10.1. The Balaban J connectivity index is 1.52. The number of ether oxygens (including phenoxy) is 1. The highest BCUT2D eigenvalue weighted by Gasteiger charge is 2.24. The van der Waals surface area contributed by atoms with Gasteiger partial charge in [-0.05, 0) is 37.3 Å². The summed E-state index contributed by atoms with van der Waals surface area (Å²) in [4.78, 5) is 39.7. The summed E-state index contributed by atoms with van der Waals surface area (Å²) in [5.41, 5.74) is 1.50. The molecule has 1 aliphatic rings. The van der Waals surface area contributed by atoms with Crippen LogP contribution < -0.4 is 10.2 Å². The molecule has 0 unspecified atom stereocenters. The number of para-hydroxylation sites is 1. The summed E-state index contributed by atoms with van der Waals surface area (Å²) in [6, 6.07) is 11.1. The molecule has 32 heavy (non-hydrogen) atoms. The second-order valence-electron chi connectivity index (χ2n) is 7.36. The number of rotatable bonds is 8. The van der Waals surface area contributed by atoms with Gasteiger partial charge in [0.25, 0.3) is 5.91 Å². The highest BCUT2D eigenvalue weighted by atomic mass is 19.1. The van der Waals surface area contributed by atoms with E-state index in [2.05, 4.69) is 5.32 Å². The minimum Gasteiger partial charge on any atom is -0.452 e. The van der Waals surface area contributed by atoms with Crippen LogP contribution in [-0.4, -0.2) is 73.6 Å². The molecule has 2 N–H and O–H groups in total. The van der Waals surface area contributed by atoms with Gasteiger partial charge >= 0.3 is 5.97 Å². The zero-order chi connectivity index (χ0) is 23.1. The lowest BCUT2D eigenvalue weighted by Gasteiger charge is -2.36. The van der Waals surface area contributed by atoms with E-state index in [0.29, 0.717) is 43.1 Å². The van der Waals surface area contributed by atoms with Gasteiger partial charge in [-0.25, -0.2) is 9.18 Å². The number of aliphatic hydroxyl groups is 1. The van der Waals surface area contributed by atoms with Crippen LogP contribution in [0.15, 0.2) is 42.5 Å². The molecular weight excluding hydrogens is 417 g/mol. The SMILES string of the molecule is CC(=O)c1ccc(N2CCN(C(=O)COC(=O)c3ccccc3NCCO)CC2)c(F)c1. The van der Waals surface area contributed by atoms with Crippen LogP contribution in [0.4, 0.5) is 15.8 Å². The molecule has 0 radical (unpaired) electrons. The molecule has 8 nitrogen and oxygen atoms in total. The Labute approximate surface area is 185 Å². The largest absolute Gasteiger partial charge is 0.452 e. The van der Waals surface area contributed by atoms with E-state index in [4.69, 9.17) is 9.84 Å². The zero-order valence-corrected chi connectivity index (χ0v) is 17.8. The highest BCUT2D eigenvalue weighted by Crippen LogP contribution is 2.22. The number of nitrogens with one attached hydrogen (secondary N) is 1. The van der Waals surface area contributed by atoms with Gasteiger partial charge in [-0.15, -0.1) is 0 Å². The van der Waals surface area contributed by atoms with Gasteiger partial charge in [-0.2, -0.15) is 0 Å². The Kier molecular flexibility index (Phi) is 7.77. The number of ketones is 1. The van der Waals surface area contributed by atoms with Gasteiger partial charge in [0.05, 0.1) is 17.9 Å². The van der Waals surface area contributed by atoms with Gasteiger partial charge in [0.15, 0.2) is 12.4 Å². The van der Waals surface area contributed by atoms with Crippen molar-refractivity contribution in [3.8, 4) is 0 Å². The van der Waals surface area contributed by atoms with Gasteiger partial charge in [-0.3, -0.25) is 9.59 Å². The molecule has 1 heterocycles. The Morgan fingerprint density at radius 2 is 1.81 bits per heavy atom. The number of hydrogen-bond acceptors (Lipinski definition) is 7. The lowest BCUT2D eigenvalue weighted by molar-refractivity contribution is -0.134. The van der Waals surface area contributed by atoms with E-state index < -0.39 is 18.4 Å². The second kappa shape index (κ2) is 10.7. The van der Waals surface area contributed by atoms with Crippen LogP contribution in [0.1, 0.15) is 27.6 Å². The molecule has 2 aromatic rings. The number of Topliss-reactive ketones (excluding diaryl/α,β-unsaturated/α-hetero) is 1. The van der Waals surface area contributed by atoms with E-state index >= 15 is 0 Å². The summed E-state index contributed by atoms with van der Waals surface area (Å²) in [6.07, 6.45) is 0. The summed E-state index contributed by atoms with van der Waals surface area (Å²) in [5.74, 6) is -1.64. The summed E-state index contributed by atoms with van der Waals surface area (Å²) < 4.78 is 19.6. The lowest BCUT2D eigenvalue weighted by Crippen LogP contribution is -2.50. The molecule has 1 saturated heterocycles. The molecule has 9 heteroatoms. The molecule has 0 aromatic heterocycles. The number of aliphatic hydroxyl groups excluding tert-OH is 1. The molecule has 0 bridgehead atoms. The molecule has 3 rings (SSSR count). The van der Waals surface area contributed by atoms with E-state index in [-0.39, 0.29) is 30.4 Å². The number of hydrogen-bond donors (Lipinski definition) is 2. The number of nitrogens with zero attached hydrogens (tertiary/aromatic N) is 2. The Morgan fingerprint density at radius 3 is 2.47 bits per heavy atom. The average molecular weight is 443 g/mol. The van der Waals surface area contributed by atoms with E-state index in [1.165, 1.54) is 13.0 Å². The number of benzene rings is 2. The summed E-state index contributed by atoms with van der Waals surface area (Å²) in [5, 5.41) is 11.9. The van der Waals surface area contributed by atoms with Gasteiger partial charge < -0.3 is 25.0 Å². The molecule has 170 valence electrons. The van der Waals surface area contributed by atoms with Gasteiger partial charge in [-0.1, -0.05) is 12.1 Å². The predicted molar refractivity (Wildman–Crippen MR) is 117 cm³/mol. The fourth-order valence-corrected chi connectivity index (χ4v) is 3.48. The molecule has 1 aliphatic heterocycles. The van der Waals surface area contributed by atoms with Crippen LogP contribution in [0.25, 0.3) is 0 Å². The van der Waals surface area contributed by atoms with E-state index in [1.54, 1.807) is 41.3 Å². The molecule has 0 spiro atoms. The maximum Gasteiger partial charge on any atom is 0.340 e. The number of piperazine rings is 1. The fourth-order valence-electron chi connectivity index (χ4n) is 3.48. The minimum absolute atomic E-state index is 0.0847. The van der Waals surface area contributed by atoms with Gasteiger partial charge in [0, 0.05) is 44.0 Å². The third-order valence-electron chi connectivity index (χ3n) is 5.23. The van der Waals surface area contributed by atoms with Crippen molar-refractivity contribution < 1.29 is 28.6 Å².